The first kappa shape index (κ1) is 125. The van der Waals surface area contributed by atoms with Crippen molar-refractivity contribution < 1.29 is 176 Å². The number of benzene rings is 4. The fraction of sp³-hybridized carbons (Fsp3) is 0.762. The van der Waals surface area contributed by atoms with Gasteiger partial charge in [-0.3, -0.25) is 0 Å². The summed E-state index contributed by atoms with van der Waals surface area (Å²) in [5.74, 6) is 3.24. The number of hydrogen-bond acceptors (Lipinski definition) is 37. The average molecular weight is 1980 g/mol. The van der Waals surface area contributed by atoms with Crippen molar-refractivity contribution in [2.75, 3.05) is 457 Å². The number of ether oxygens (including phenoxy) is 36. The second kappa shape index (κ2) is 100. The Morgan fingerprint density at radius 1 is 0.167 bits per heavy atom. The van der Waals surface area contributed by atoms with Gasteiger partial charge < -0.3 is 176 Å². The molecule has 0 fully saturated rings. The summed E-state index contributed by atoms with van der Waals surface area (Å²) < 4.78 is 200. The molecule has 4 rings (SSSR count). The highest BCUT2D eigenvalue weighted by Gasteiger charge is 2.29. The minimum Gasteiger partial charge on any atom is -0.494 e. The molecule has 0 amide bonds. The molecule has 0 aliphatic rings. The monoisotopic (exact) mass is 1980 g/mol. The third-order valence-corrected chi connectivity index (χ3v) is 19.7. The largest absolute Gasteiger partial charge is 0.494 e. The number of hydrogen-bond donors (Lipinski definition) is 1. The molecule has 0 radical (unpaired) electrons. The molecule has 0 bridgehead atoms. The SMILES string of the molecule is COCCOCCOCCOCCOCCOCCOCCOCCOCCOCCOCCOCCOCCOCCOCCOCCOc1ccc(CCCOc2ccc(C(C)(CCCO)c3ccc(OCCCc4ccc(OCCOCCOCCOCCOCCOCCOCCOCCOCCOCCOCCOCCOCCOCCOCCOCCOC)cc4)cc3)cc2)cc1. The van der Waals surface area contributed by atoms with Crippen LogP contribution in [0.5, 0.6) is 23.0 Å². The summed E-state index contributed by atoms with van der Waals surface area (Å²) in [6, 6.07) is 33.1. The molecule has 4 aromatic carbocycles. The molecule has 138 heavy (non-hydrogen) atoms. The van der Waals surface area contributed by atoms with E-state index in [4.69, 9.17) is 171 Å². The van der Waals surface area contributed by atoms with Crippen LogP contribution in [-0.2, 0) is 170 Å². The van der Waals surface area contributed by atoms with Crippen LogP contribution in [0.2, 0.25) is 0 Å². The Bertz CT molecular complexity index is 2880. The van der Waals surface area contributed by atoms with E-state index in [9.17, 15) is 5.11 Å². The van der Waals surface area contributed by atoms with Gasteiger partial charge in [-0.25, -0.2) is 0 Å². The van der Waals surface area contributed by atoms with Crippen LogP contribution in [0.15, 0.2) is 97.1 Å². The van der Waals surface area contributed by atoms with Crippen LogP contribution in [0, 0.1) is 0 Å². The van der Waals surface area contributed by atoms with E-state index in [2.05, 4.69) is 55.5 Å². The summed E-state index contributed by atoms with van der Waals surface area (Å²) in [5, 5.41) is 9.90. The highest BCUT2D eigenvalue weighted by molar-refractivity contribution is 5.43. The molecular weight excluding hydrogens is 1810 g/mol. The van der Waals surface area contributed by atoms with Crippen LogP contribution in [0.1, 0.15) is 54.9 Å². The maximum absolute atomic E-state index is 9.90. The fourth-order valence-corrected chi connectivity index (χ4v) is 12.2. The first-order valence-corrected chi connectivity index (χ1v) is 49.3. The summed E-state index contributed by atoms with van der Waals surface area (Å²) in [7, 11) is 3.29. The lowest BCUT2D eigenvalue weighted by Crippen LogP contribution is -2.24. The third-order valence-electron chi connectivity index (χ3n) is 19.7. The van der Waals surface area contributed by atoms with Gasteiger partial charge in [0.25, 0.3) is 0 Å². The lowest BCUT2D eigenvalue weighted by atomic mass is 9.73. The quantitative estimate of drug-likeness (QED) is 0.0406. The van der Waals surface area contributed by atoms with Crippen LogP contribution in [0.4, 0.5) is 0 Å². The molecule has 0 saturated carbocycles. The van der Waals surface area contributed by atoms with Crippen LogP contribution in [-0.4, -0.2) is 462 Å². The molecule has 37 heteroatoms. The van der Waals surface area contributed by atoms with E-state index in [0.29, 0.717) is 442 Å². The zero-order chi connectivity index (χ0) is 97.5. The summed E-state index contributed by atoms with van der Waals surface area (Å²) in [6.45, 7) is 35.1. The predicted molar refractivity (Wildman–Crippen MR) is 515 cm³/mol. The van der Waals surface area contributed by atoms with Gasteiger partial charge in [-0.1, -0.05) is 55.5 Å². The van der Waals surface area contributed by atoms with E-state index in [0.717, 1.165) is 66.2 Å². The van der Waals surface area contributed by atoms with Gasteiger partial charge >= 0.3 is 0 Å². The topological polar surface area (TPSA) is 353 Å². The second-order valence-electron chi connectivity index (χ2n) is 30.5. The third kappa shape index (κ3) is 80.1. The Kier molecular flexibility index (Phi) is 91.0. The molecule has 0 aliphatic heterocycles. The number of aryl methyl sites for hydroxylation is 2. The summed E-state index contributed by atoms with van der Waals surface area (Å²) >= 11 is 0. The fourth-order valence-electron chi connectivity index (χ4n) is 12.2. The summed E-state index contributed by atoms with van der Waals surface area (Å²) in [4.78, 5) is 0. The molecule has 0 spiro atoms. The smallest absolute Gasteiger partial charge is 0.119 e. The van der Waals surface area contributed by atoms with E-state index >= 15 is 0 Å². The van der Waals surface area contributed by atoms with Gasteiger partial charge in [-0.05, 0) is 109 Å². The van der Waals surface area contributed by atoms with Crippen molar-refractivity contribution in [3.8, 4) is 23.0 Å². The molecule has 798 valence electrons. The Morgan fingerprint density at radius 2 is 0.304 bits per heavy atom. The highest BCUT2D eigenvalue weighted by Crippen LogP contribution is 2.38. The molecule has 0 saturated heterocycles. The highest BCUT2D eigenvalue weighted by atomic mass is 16.6. The summed E-state index contributed by atoms with van der Waals surface area (Å²) in [5.41, 5.74) is 4.42. The zero-order valence-electron chi connectivity index (χ0n) is 83.5. The predicted octanol–water partition coefficient (Wildman–Crippen LogP) is 8.34. The van der Waals surface area contributed by atoms with E-state index in [1.165, 1.54) is 11.1 Å². The minimum atomic E-state index is -0.319. The molecule has 0 aliphatic carbocycles. The van der Waals surface area contributed by atoms with E-state index in [1.54, 1.807) is 14.2 Å². The number of aliphatic hydroxyl groups excluding tert-OH is 1. The molecule has 0 aromatic heterocycles. The Morgan fingerprint density at radius 3 is 0.457 bits per heavy atom. The van der Waals surface area contributed by atoms with Crippen molar-refractivity contribution in [1.29, 1.82) is 0 Å². The van der Waals surface area contributed by atoms with Crippen molar-refractivity contribution in [3.05, 3.63) is 119 Å². The molecule has 0 unspecified atom stereocenters. The molecule has 37 nitrogen and oxygen atoms in total. The van der Waals surface area contributed by atoms with Gasteiger partial charge in [0.1, 0.15) is 36.2 Å². The first-order valence-electron chi connectivity index (χ1n) is 49.3. The van der Waals surface area contributed by atoms with Gasteiger partial charge in [0.2, 0.25) is 0 Å². The van der Waals surface area contributed by atoms with Crippen molar-refractivity contribution in [2.24, 2.45) is 0 Å². The van der Waals surface area contributed by atoms with E-state index in [1.807, 2.05) is 48.5 Å². The maximum Gasteiger partial charge on any atom is 0.119 e. The minimum absolute atomic E-state index is 0.118. The van der Waals surface area contributed by atoms with Crippen molar-refractivity contribution in [3.63, 3.8) is 0 Å². The lowest BCUT2D eigenvalue weighted by Gasteiger charge is -2.31. The number of methoxy groups -OCH3 is 2. The molecule has 0 atom stereocenters. The number of rotatable bonds is 113. The zero-order valence-corrected chi connectivity index (χ0v) is 83.5. The van der Waals surface area contributed by atoms with Crippen LogP contribution < -0.4 is 18.9 Å². The normalized spacial score (nSPS) is 11.8. The Hall–Kier alpha value is -5.24. The van der Waals surface area contributed by atoms with Crippen molar-refractivity contribution >= 4 is 0 Å². The van der Waals surface area contributed by atoms with Crippen LogP contribution in [0.25, 0.3) is 0 Å². The second-order valence-corrected chi connectivity index (χ2v) is 30.5. The van der Waals surface area contributed by atoms with Crippen molar-refractivity contribution in [2.45, 2.75) is 50.9 Å². The van der Waals surface area contributed by atoms with Crippen molar-refractivity contribution in [1.82, 2.24) is 0 Å². The first-order chi connectivity index (χ1) is 68.5. The van der Waals surface area contributed by atoms with E-state index in [-0.39, 0.29) is 12.0 Å². The molecule has 0 heterocycles. The van der Waals surface area contributed by atoms with E-state index < -0.39 is 0 Å². The standard InChI is InChI=1S/C101H172O37/c1-101(25-6-26-102,95-13-21-99(22-14-95)135-27-4-7-93-9-17-97(18-10-93)137-91-89-133-87-85-131-83-81-129-79-77-127-75-73-125-71-69-123-67-65-121-63-61-119-59-57-117-55-53-115-51-49-113-47-45-111-43-41-109-39-37-107-35-33-105-31-29-103-2)96-15-23-100(24-16-96)136-28-5-8-94-11-19-98(20-12-94)138-92-90-134-88-86-132-84-82-130-80-78-128-76-74-126-72-70-124-68-66-122-64-62-120-60-58-118-56-54-116-52-50-114-48-46-112-44-42-110-40-38-108-36-34-106-32-30-104-3/h9-24,102H,4-8,25-92H2,1-3H3. The van der Waals surface area contributed by atoms with Crippen LogP contribution >= 0.6 is 0 Å². The Labute approximate surface area is 822 Å². The van der Waals surface area contributed by atoms with Gasteiger partial charge in [-0.2, -0.15) is 0 Å². The van der Waals surface area contributed by atoms with Crippen LogP contribution in [0.3, 0.4) is 0 Å². The van der Waals surface area contributed by atoms with Gasteiger partial charge in [0.15, 0.2) is 0 Å². The van der Waals surface area contributed by atoms with Gasteiger partial charge in [0.05, 0.1) is 423 Å². The number of aliphatic hydroxyl groups is 1. The average Bonchev–Trinajstić information content (AvgIpc) is 0.788. The Balaban J connectivity index is 0.821. The lowest BCUT2D eigenvalue weighted by molar-refractivity contribution is -0.0303. The van der Waals surface area contributed by atoms with Gasteiger partial charge in [-0.15, -0.1) is 0 Å². The molecular formula is C101H172O37. The molecule has 1 N–H and O–H groups in total. The maximum atomic E-state index is 9.90. The summed E-state index contributed by atoms with van der Waals surface area (Å²) in [6.07, 6.45) is 4.94. The molecule has 4 aromatic rings. The van der Waals surface area contributed by atoms with Gasteiger partial charge in [0, 0.05) is 26.2 Å².